The molecule has 0 saturated heterocycles. The molecule has 76 valence electrons. The van der Waals surface area contributed by atoms with Gasteiger partial charge in [-0.2, -0.15) is 0 Å². The van der Waals surface area contributed by atoms with Gasteiger partial charge in [0.1, 0.15) is 5.75 Å². The van der Waals surface area contributed by atoms with Crippen LogP contribution in [0.15, 0.2) is 12.1 Å². The van der Waals surface area contributed by atoms with E-state index >= 15 is 0 Å². The van der Waals surface area contributed by atoms with Crippen LogP contribution >= 0.6 is 11.6 Å². The topological polar surface area (TPSA) is 35.2 Å². The van der Waals surface area contributed by atoms with Gasteiger partial charge in [-0.25, -0.2) is 0 Å². The summed E-state index contributed by atoms with van der Waals surface area (Å²) in [5.74, 6) is 1.11. The predicted molar refractivity (Wildman–Crippen MR) is 57.8 cm³/mol. The molecule has 1 heterocycles. The van der Waals surface area contributed by atoms with E-state index in [4.69, 9.17) is 22.1 Å². The van der Waals surface area contributed by atoms with Crippen LogP contribution < -0.4 is 10.5 Å². The molecular weight excluding hydrogens is 198 g/mol. The number of fused-ring (bicyclic) bond motifs is 1. The standard InChI is InChI=1S/C11H14ClNO/c1-6-3-8-10(13)7(2)5-14-11(8)9(12)4-6/h3-4,7,10H,5,13H2,1-2H3. The zero-order chi connectivity index (χ0) is 10.3. The number of hydrogen-bond acceptors (Lipinski definition) is 2. The summed E-state index contributed by atoms with van der Waals surface area (Å²) in [6.45, 7) is 4.75. The van der Waals surface area contributed by atoms with Crippen LogP contribution in [-0.4, -0.2) is 6.61 Å². The highest BCUT2D eigenvalue weighted by Gasteiger charge is 2.26. The van der Waals surface area contributed by atoms with E-state index in [1.54, 1.807) is 0 Å². The van der Waals surface area contributed by atoms with E-state index in [-0.39, 0.29) is 6.04 Å². The minimum absolute atomic E-state index is 0.0381. The van der Waals surface area contributed by atoms with Gasteiger partial charge >= 0.3 is 0 Å². The van der Waals surface area contributed by atoms with E-state index < -0.39 is 0 Å². The van der Waals surface area contributed by atoms with Crippen molar-refractivity contribution in [3.05, 3.63) is 28.3 Å². The van der Waals surface area contributed by atoms with E-state index in [2.05, 4.69) is 13.0 Å². The molecule has 1 aromatic carbocycles. The molecule has 1 aliphatic heterocycles. The SMILES string of the molecule is Cc1cc(Cl)c2c(c1)C(N)C(C)CO2. The summed E-state index contributed by atoms with van der Waals surface area (Å²) >= 11 is 6.08. The highest BCUT2D eigenvalue weighted by molar-refractivity contribution is 6.32. The summed E-state index contributed by atoms with van der Waals surface area (Å²) in [5.41, 5.74) is 8.25. The lowest BCUT2D eigenvalue weighted by atomic mass is 9.92. The maximum Gasteiger partial charge on any atom is 0.142 e. The van der Waals surface area contributed by atoms with Crippen LogP contribution in [0.5, 0.6) is 5.75 Å². The van der Waals surface area contributed by atoms with Crippen LogP contribution in [0.4, 0.5) is 0 Å². The molecule has 2 atom stereocenters. The third kappa shape index (κ3) is 1.49. The Balaban J connectivity index is 2.54. The maximum absolute atomic E-state index is 6.09. The van der Waals surface area contributed by atoms with E-state index in [1.807, 2.05) is 13.0 Å². The van der Waals surface area contributed by atoms with Crippen LogP contribution in [0.2, 0.25) is 5.02 Å². The Morgan fingerprint density at radius 1 is 1.50 bits per heavy atom. The molecule has 1 aliphatic rings. The summed E-state index contributed by atoms with van der Waals surface area (Å²) in [7, 11) is 0. The van der Waals surface area contributed by atoms with Gasteiger partial charge in [-0.05, 0) is 18.6 Å². The third-order valence-corrected chi connectivity index (χ3v) is 2.96. The van der Waals surface area contributed by atoms with Crippen molar-refractivity contribution in [3.8, 4) is 5.75 Å². The van der Waals surface area contributed by atoms with Gasteiger partial charge in [-0.1, -0.05) is 24.6 Å². The second kappa shape index (κ2) is 3.44. The summed E-state index contributed by atoms with van der Waals surface area (Å²) < 4.78 is 5.58. The predicted octanol–water partition coefficient (Wildman–Crippen LogP) is 2.68. The zero-order valence-corrected chi connectivity index (χ0v) is 9.14. The molecule has 2 nitrogen and oxygen atoms in total. The van der Waals surface area contributed by atoms with Crippen molar-refractivity contribution >= 4 is 11.6 Å². The smallest absolute Gasteiger partial charge is 0.142 e. The van der Waals surface area contributed by atoms with Gasteiger partial charge in [-0.15, -0.1) is 0 Å². The van der Waals surface area contributed by atoms with Crippen LogP contribution in [0.1, 0.15) is 24.1 Å². The Labute approximate surface area is 89.0 Å². The largest absolute Gasteiger partial charge is 0.491 e. The van der Waals surface area contributed by atoms with Crippen LogP contribution in [-0.2, 0) is 0 Å². The highest BCUT2D eigenvalue weighted by atomic mass is 35.5. The lowest BCUT2D eigenvalue weighted by molar-refractivity contribution is 0.207. The maximum atomic E-state index is 6.09. The van der Waals surface area contributed by atoms with Gasteiger partial charge < -0.3 is 10.5 Å². The zero-order valence-electron chi connectivity index (χ0n) is 8.38. The van der Waals surface area contributed by atoms with Crippen molar-refractivity contribution < 1.29 is 4.74 Å². The first-order valence-electron chi connectivity index (χ1n) is 4.78. The summed E-state index contributed by atoms with van der Waals surface area (Å²) in [5, 5.41) is 0.669. The molecule has 0 saturated carbocycles. The Morgan fingerprint density at radius 2 is 2.21 bits per heavy atom. The average Bonchev–Trinajstić information content (AvgIpc) is 2.12. The van der Waals surface area contributed by atoms with Crippen molar-refractivity contribution in [2.24, 2.45) is 11.7 Å². The molecule has 2 rings (SSSR count). The van der Waals surface area contributed by atoms with Gasteiger partial charge in [-0.3, -0.25) is 0 Å². The number of rotatable bonds is 0. The molecule has 0 bridgehead atoms. The van der Waals surface area contributed by atoms with Crippen molar-refractivity contribution in [1.82, 2.24) is 0 Å². The number of ether oxygens (including phenoxy) is 1. The van der Waals surface area contributed by atoms with Gasteiger partial charge in [0.05, 0.1) is 11.6 Å². The van der Waals surface area contributed by atoms with Crippen molar-refractivity contribution in [3.63, 3.8) is 0 Å². The van der Waals surface area contributed by atoms with Crippen LogP contribution in [0.25, 0.3) is 0 Å². The van der Waals surface area contributed by atoms with Gasteiger partial charge in [0, 0.05) is 17.5 Å². The molecule has 14 heavy (non-hydrogen) atoms. The Hall–Kier alpha value is -0.730. The van der Waals surface area contributed by atoms with Crippen molar-refractivity contribution in [2.75, 3.05) is 6.61 Å². The number of halogens is 1. The molecule has 1 aromatic rings. The number of benzene rings is 1. The van der Waals surface area contributed by atoms with E-state index in [0.29, 0.717) is 17.5 Å². The van der Waals surface area contributed by atoms with Crippen molar-refractivity contribution in [1.29, 1.82) is 0 Å². The van der Waals surface area contributed by atoms with E-state index in [0.717, 1.165) is 16.9 Å². The fourth-order valence-electron chi connectivity index (χ4n) is 1.78. The third-order valence-electron chi connectivity index (χ3n) is 2.68. The minimum Gasteiger partial charge on any atom is -0.491 e. The molecule has 2 unspecified atom stereocenters. The molecular formula is C11H14ClNO. The van der Waals surface area contributed by atoms with E-state index in [9.17, 15) is 0 Å². The normalized spacial score (nSPS) is 25.4. The number of hydrogen-bond donors (Lipinski definition) is 1. The van der Waals surface area contributed by atoms with Gasteiger partial charge in [0.2, 0.25) is 0 Å². The number of nitrogens with two attached hydrogens (primary N) is 1. The summed E-state index contributed by atoms with van der Waals surface area (Å²) in [6.07, 6.45) is 0. The second-order valence-electron chi connectivity index (χ2n) is 3.98. The molecule has 0 aliphatic carbocycles. The van der Waals surface area contributed by atoms with Gasteiger partial charge in [0.25, 0.3) is 0 Å². The fraction of sp³-hybridized carbons (Fsp3) is 0.455. The summed E-state index contributed by atoms with van der Waals surface area (Å²) in [6, 6.07) is 4.00. The first-order valence-corrected chi connectivity index (χ1v) is 5.16. The molecule has 2 N–H and O–H groups in total. The van der Waals surface area contributed by atoms with Crippen molar-refractivity contribution in [2.45, 2.75) is 19.9 Å². The Bertz CT molecular complexity index is 365. The molecule has 3 heteroatoms. The fourth-order valence-corrected chi connectivity index (χ4v) is 2.12. The second-order valence-corrected chi connectivity index (χ2v) is 4.39. The lowest BCUT2D eigenvalue weighted by Gasteiger charge is -2.29. The average molecular weight is 212 g/mol. The molecule has 0 aromatic heterocycles. The van der Waals surface area contributed by atoms with Crippen LogP contribution in [0.3, 0.4) is 0 Å². The Kier molecular flexibility index (Phi) is 2.41. The van der Waals surface area contributed by atoms with Crippen LogP contribution in [0, 0.1) is 12.8 Å². The Morgan fingerprint density at radius 3 is 2.93 bits per heavy atom. The highest BCUT2D eigenvalue weighted by Crippen LogP contribution is 2.39. The first-order chi connectivity index (χ1) is 6.59. The minimum atomic E-state index is 0.0381. The molecule has 0 spiro atoms. The molecule has 0 amide bonds. The van der Waals surface area contributed by atoms with Gasteiger partial charge in [0.15, 0.2) is 0 Å². The lowest BCUT2D eigenvalue weighted by Crippen LogP contribution is -2.29. The molecule has 0 fully saturated rings. The summed E-state index contributed by atoms with van der Waals surface area (Å²) in [4.78, 5) is 0. The monoisotopic (exact) mass is 211 g/mol. The number of aryl methyl sites for hydroxylation is 1. The molecule has 0 radical (unpaired) electrons. The quantitative estimate of drug-likeness (QED) is 0.716. The van der Waals surface area contributed by atoms with E-state index in [1.165, 1.54) is 0 Å². The first kappa shape index (κ1) is 9.81.